The van der Waals surface area contributed by atoms with Crippen molar-refractivity contribution in [3.8, 4) is 0 Å². The van der Waals surface area contributed by atoms with Gasteiger partial charge in [-0.05, 0) is 31.1 Å². The van der Waals surface area contributed by atoms with Crippen molar-refractivity contribution in [3.05, 3.63) is 0 Å². The van der Waals surface area contributed by atoms with Crippen molar-refractivity contribution in [1.82, 2.24) is 16.0 Å². The van der Waals surface area contributed by atoms with Crippen LogP contribution in [0.5, 0.6) is 0 Å². The molecule has 0 aromatic heterocycles. The Morgan fingerprint density at radius 3 is 2.07 bits per heavy atom. The Morgan fingerprint density at radius 1 is 1.00 bits per heavy atom. The van der Waals surface area contributed by atoms with Gasteiger partial charge in [-0.3, -0.25) is 19.4 Å². The lowest BCUT2D eigenvalue weighted by atomic mass is 9.99. The molecule has 0 saturated carbocycles. The molecule has 29 heavy (non-hydrogen) atoms. The van der Waals surface area contributed by atoms with Crippen molar-refractivity contribution in [2.45, 2.75) is 72.0 Å². The molecule has 0 aliphatic heterocycles. The average molecular weight is 415 g/mol. The third-order valence-electron chi connectivity index (χ3n) is 4.22. The Balaban J connectivity index is 4.99. The monoisotopic (exact) mass is 414 g/mol. The molecule has 0 aliphatic rings. The fraction of sp³-hybridized carbons (Fsp3) is 0.789. The van der Waals surface area contributed by atoms with Crippen LogP contribution in [0.25, 0.3) is 0 Å². The molecule has 0 aliphatic carbocycles. The molecule has 0 aromatic carbocycles. The van der Waals surface area contributed by atoms with Crippen LogP contribution in [0.2, 0.25) is 0 Å². The van der Waals surface area contributed by atoms with Crippen molar-refractivity contribution in [1.29, 1.82) is 0 Å². The topological polar surface area (TPSA) is 172 Å². The summed E-state index contributed by atoms with van der Waals surface area (Å²) in [6, 6.07) is -1.98. The number of aliphatic hydroxyl groups is 1. The first-order valence-electron chi connectivity index (χ1n) is 10.0. The molecule has 10 heteroatoms. The molecule has 168 valence electrons. The Morgan fingerprint density at radius 2 is 1.62 bits per heavy atom. The van der Waals surface area contributed by atoms with Crippen LogP contribution in [0.4, 0.5) is 0 Å². The van der Waals surface area contributed by atoms with E-state index in [1.165, 1.54) is 6.92 Å². The maximum Gasteiger partial charge on any atom is 0.243 e. The lowest BCUT2D eigenvalue weighted by molar-refractivity contribution is -0.133. The summed E-state index contributed by atoms with van der Waals surface area (Å²) >= 11 is 0. The molecule has 3 unspecified atom stereocenters. The molecule has 8 N–H and O–H groups in total. The number of nitrogens with one attached hydrogen (secondary N) is 3. The quantitative estimate of drug-likeness (QED) is 0.131. The first-order valence-corrected chi connectivity index (χ1v) is 10.0. The molecule has 0 saturated heterocycles. The van der Waals surface area contributed by atoms with Crippen molar-refractivity contribution in [3.63, 3.8) is 0 Å². The molecule has 0 aromatic rings. The second kappa shape index (κ2) is 13.8. The molecular weight excluding hydrogens is 376 g/mol. The zero-order valence-electron chi connectivity index (χ0n) is 18.2. The van der Waals surface area contributed by atoms with Gasteiger partial charge in [-0.15, -0.1) is 0 Å². The van der Waals surface area contributed by atoms with E-state index >= 15 is 0 Å². The Bertz CT molecular complexity index is 561. The number of carbonyl (C=O) groups is 3. The van der Waals surface area contributed by atoms with E-state index in [0.29, 0.717) is 25.8 Å². The lowest BCUT2D eigenvalue weighted by Gasteiger charge is -2.27. The highest BCUT2D eigenvalue weighted by Crippen LogP contribution is 2.09. The predicted molar refractivity (Wildman–Crippen MR) is 113 cm³/mol. The largest absolute Gasteiger partial charge is 0.394 e. The zero-order chi connectivity index (χ0) is 22.6. The Labute approximate surface area is 173 Å². The van der Waals surface area contributed by atoms with Gasteiger partial charge in [-0.25, -0.2) is 0 Å². The highest BCUT2D eigenvalue weighted by atomic mass is 16.3. The molecule has 0 fully saturated rings. The van der Waals surface area contributed by atoms with E-state index in [0.717, 1.165) is 0 Å². The van der Waals surface area contributed by atoms with Gasteiger partial charge in [-0.1, -0.05) is 27.7 Å². The van der Waals surface area contributed by atoms with E-state index in [9.17, 15) is 19.5 Å². The minimum atomic E-state index is -0.794. The molecule has 0 heterocycles. The van der Waals surface area contributed by atoms with Crippen molar-refractivity contribution >= 4 is 23.7 Å². The van der Waals surface area contributed by atoms with Crippen LogP contribution < -0.4 is 27.4 Å². The fourth-order valence-corrected chi connectivity index (χ4v) is 2.78. The van der Waals surface area contributed by atoms with E-state index in [1.807, 2.05) is 27.7 Å². The molecule has 3 atom stereocenters. The number of nitrogens with two attached hydrogens (primary N) is 2. The van der Waals surface area contributed by atoms with Crippen LogP contribution >= 0.6 is 0 Å². The first kappa shape index (κ1) is 26.6. The zero-order valence-corrected chi connectivity index (χ0v) is 18.2. The number of hydrogen-bond donors (Lipinski definition) is 6. The standard InChI is InChI=1S/C19H38N6O4/c1-11(2)9-15(23-13(5)27)17(28)25-16(12(3)4)18(29)24-14(10-26)7-6-8-22-19(20)21/h11-12,14-16,26H,6-10H2,1-5H3,(H,23,27)(H,24,29)(H,25,28)(H4,20,21,22). The number of carbonyl (C=O) groups excluding carboxylic acids is 3. The highest BCUT2D eigenvalue weighted by molar-refractivity contribution is 5.92. The summed E-state index contributed by atoms with van der Waals surface area (Å²) in [5.74, 6) is -1.11. The second-order valence-corrected chi connectivity index (χ2v) is 7.95. The number of hydrogen-bond acceptors (Lipinski definition) is 5. The molecule has 0 radical (unpaired) electrons. The van der Waals surface area contributed by atoms with Crippen LogP contribution in [-0.4, -0.2) is 60.1 Å². The van der Waals surface area contributed by atoms with Gasteiger partial charge in [0, 0.05) is 13.5 Å². The van der Waals surface area contributed by atoms with Crippen LogP contribution in [0.15, 0.2) is 4.99 Å². The normalized spacial score (nSPS) is 14.1. The van der Waals surface area contributed by atoms with Crippen molar-refractivity contribution < 1.29 is 19.5 Å². The summed E-state index contributed by atoms with van der Waals surface area (Å²) in [5.41, 5.74) is 10.5. The first-order chi connectivity index (χ1) is 13.5. The Kier molecular flexibility index (Phi) is 12.6. The predicted octanol–water partition coefficient (Wildman–Crippen LogP) is -0.791. The van der Waals surface area contributed by atoms with Gasteiger partial charge in [-0.2, -0.15) is 0 Å². The smallest absolute Gasteiger partial charge is 0.243 e. The number of nitrogens with zero attached hydrogens (tertiary/aromatic N) is 1. The van der Waals surface area contributed by atoms with E-state index < -0.39 is 24.0 Å². The maximum absolute atomic E-state index is 12.7. The maximum atomic E-state index is 12.7. The summed E-state index contributed by atoms with van der Waals surface area (Å²) in [6.45, 7) is 9.02. The van der Waals surface area contributed by atoms with Gasteiger partial charge >= 0.3 is 0 Å². The highest BCUT2D eigenvalue weighted by Gasteiger charge is 2.29. The summed E-state index contributed by atoms with van der Waals surface area (Å²) < 4.78 is 0. The SMILES string of the molecule is CC(=O)NC(CC(C)C)C(=O)NC(C(=O)NC(CO)CCCN=C(N)N)C(C)C. The van der Waals surface area contributed by atoms with E-state index in [4.69, 9.17) is 11.5 Å². The molecule has 3 amide bonds. The van der Waals surface area contributed by atoms with Crippen molar-refractivity contribution in [2.75, 3.05) is 13.2 Å². The number of rotatable bonds is 13. The number of amides is 3. The van der Waals surface area contributed by atoms with Gasteiger partial charge in [0.2, 0.25) is 17.7 Å². The van der Waals surface area contributed by atoms with Gasteiger partial charge in [0.25, 0.3) is 0 Å². The lowest BCUT2D eigenvalue weighted by Crippen LogP contribution is -2.57. The van der Waals surface area contributed by atoms with E-state index in [-0.39, 0.29) is 36.2 Å². The minimum absolute atomic E-state index is 0.00714. The average Bonchev–Trinajstić information content (AvgIpc) is 2.59. The summed E-state index contributed by atoms with van der Waals surface area (Å²) in [5, 5.41) is 17.7. The Hall–Kier alpha value is -2.36. The van der Waals surface area contributed by atoms with E-state index in [1.54, 1.807) is 0 Å². The fourth-order valence-electron chi connectivity index (χ4n) is 2.78. The van der Waals surface area contributed by atoms with Crippen LogP contribution in [0.3, 0.4) is 0 Å². The van der Waals surface area contributed by atoms with Gasteiger partial charge in [0.05, 0.1) is 12.6 Å². The number of aliphatic imine (C=N–C) groups is 1. The van der Waals surface area contributed by atoms with Crippen LogP contribution in [0.1, 0.15) is 53.9 Å². The summed E-state index contributed by atoms with van der Waals surface area (Å²) in [7, 11) is 0. The van der Waals surface area contributed by atoms with E-state index in [2.05, 4.69) is 20.9 Å². The second-order valence-electron chi connectivity index (χ2n) is 7.95. The van der Waals surface area contributed by atoms with Crippen LogP contribution in [-0.2, 0) is 14.4 Å². The summed E-state index contributed by atoms with van der Waals surface area (Å²) in [4.78, 5) is 40.7. The molecule has 0 bridgehead atoms. The minimum Gasteiger partial charge on any atom is -0.394 e. The van der Waals surface area contributed by atoms with Gasteiger partial charge < -0.3 is 32.5 Å². The molecule has 0 spiro atoms. The van der Waals surface area contributed by atoms with Crippen LogP contribution in [0, 0.1) is 11.8 Å². The number of guanidine groups is 1. The van der Waals surface area contributed by atoms with Crippen molar-refractivity contribution in [2.24, 2.45) is 28.3 Å². The molecule has 10 nitrogen and oxygen atoms in total. The summed E-state index contributed by atoms with van der Waals surface area (Å²) in [6.07, 6.45) is 1.53. The third-order valence-corrected chi connectivity index (χ3v) is 4.22. The molecule has 0 rings (SSSR count). The van der Waals surface area contributed by atoms with Gasteiger partial charge in [0.15, 0.2) is 5.96 Å². The molecular formula is C19H38N6O4. The van der Waals surface area contributed by atoms with Gasteiger partial charge in [0.1, 0.15) is 12.1 Å². The third kappa shape index (κ3) is 11.9. The number of aliphatic hydroxyl groups excluding tert-OH is 1.